The second kappa shape index (κ2) is 6.77. The number of nitrogens with zero attached hydrogens (tertiary/aromatic N) is 2. The van der Waals surface area contributed by atoms with Crippen molar-refractivity contribution in [2.24, 2.45) is 0 Å². The van der Waals surface area contributed by atoms with E-state index in [1.807, 2.05) is 13.8 Å². The number of nitrogens with one attached hydrogen (secondary N) is 2. The van der Waals surface area contributed by atoms with Crippen molar-refractivity contribution in [1.29, 1.82) is 0 Å². The second-order valence-electron chi connectivity index (χ2n) is 6.02. The van der Waals surface area contributed by atoms with E-state index in [1.165, 1.54) is 0 Å². The number of halogens is 1. The Kier molecular flexibility index (Phi) is 4.81. The molecule has 0 radical (unpaired) electrons. The molecular weight excluding hydrogens is 376 g/mol. The number of aromatic nitrogens is 3. The summed E-state index contributed by atoms with van der Waals surface area (Å²) in [4.78, 5) is 3.17. The van der Waals surface area contributed by atoms with Crippen LogP contribution in [0, 0.1) is 20.8 Å². The summed E-state index contributed by atoms with van der Waals surface area (Å²) in [7, 11) is -3.85. The largest absolute Gasteiger partial charge is 0.419 e. The molecule has 3 rings (SSSR count). The van der Waals surface area contributed by atoms with E-state index < -0.39 is 10.0 Å². The van der Waals surface area contributed by atoms with E-state index >= 15 is 0 Å². The maximum absolute atomic E-state index is 12.9. The Morgan fingerprint density at radius 3 is 2.58 bits per heavy atom. The molecule has 138 valence electrons. The third-order valence-corrected chi connectivity index (χ3v) is 5.94. The van der Waals surface area contributed by atoms with E-state index in [9.17, 15) is 8.42 Å². The molecule has 0 amide bonds. The molecule has 0 atom stereocenters. The lowest BCUT2D eigenvalue weighted by Crippen LogP contribution is -2.14. The van der Waals surface area contributed by atoms with Crippen molar-refractivity contribution in [2.45, 2.75) is 39.0 Å². The van der Waals surface area contributed by atoms with Crippen molar-refractivity contribution >= 4 is 27.3 Å². The fourth-order valence-corrected chi connectivity index (χ4v) is 4.61. The van der Waals surface area contributed by atoms with Crippen LogP contribution in [0.15, 0.2) is 27.5 Å². The molecule has 9 heteroatoms. The molecule has 0 saturated carbocycles. The summed E-state index contributed by atoms with van der Waals surface area (Å²) < 4.78 is 33.9. The SMILES string of the molecule is CCc1nnc(-c2[nH]c(C)c(S(=O)(=O)Nc3ccc(C)cc3Cl)c2C)o1. The maximum Gasteiger partial charge on any atom is 0.264 e. The fourth-order valence-electron chi connectivity index (χ4n) is 2.75. The normalized spacial score (nSPS) is 11.7. The van der Waals surface area contributed by atoms with Crippen LogP contribution in [0.1, 0.15) is 29.6 Å². The van der Waals surface area contributed by atoms with E-state index in [2.05, 4.69) is 19.9 Å². The summed E-state index contributed by atoms with van der Waals surface area (Å²) in [5.74, 6) is 0.748. The molecule has 26 heavy (non-hydrogen) atoms. The Labute approximate surface area is 156 Å². The zero-order valence-electron chi connectivity index (χ0n) is 14.8. The molecule has 0 aliphatic carbocycles. The van der Waals surface area contributed by atoms with Gasteiger partial charge >= 0.3 is 0 Å². The van der Waals surface area contributed by atoms with Crippen LogP contribution in [-0.2, 0) is 16.4 Å². The summed E-state index contributed by atoms with van der Waals surface area (Å²) in [6.07, 6.45) is 0.602. The zero-order valence-corrected chi connectivity index (χ0v) is 16.4. The first kappa shape index (κ1) is 18.5. The van der Waals surface area contributed by atoms with Gasteiger partial charge in [0.05, 0.1) is 10.7 Å². The van der Waals surface area contributed by atoms with Crippen LogP contribution in [0.5, 0.6) is 0 Å². The first-order valence-electron chi connectivity index (χ1n) is 8.03. The van der Waals surface area contributed by atoms with Crippen LogP contribution in [0.3, 0.4) is 0 Å². The lowest BCUT2D eigenvalue weighted by atomic mass is 10.2. The Hall–Kier alpha value is -2.32. The standard InChI is InChI=1S/C17H19ClN4O3S/c1-5-14-20-21-17(25-14)15-10(3)16(11(4)19-15)26(23,24)22-13-7-6-9(2)8-12(13)18/h6-8,19,22H,5H2,1-4H3. The molecule has 0 fully saturated rings. The van der Waals surface area contributed by atoms with Crippen molar-refractivity contribution in [3.63, 3.8) is 0 Å². The third-order valence-electron chi connectivity index (χ3n) is 3.99. The quantitative estimate of drug-likeness (QED) is 0.680. The fraction of sp³-hybridized carbons (Fsp3) is 0.294. The number of hydrogen-bond donors (Lipinski definition) is 2. The highest BCUT2D eigenvalue weighted by atomic mass is 35.5. The van der Waals surface area contributed by atoms with Crippen molar-refractivity contribution < 1.29 is 12.8 Å². The molecule has 0 aliphatic heterocycles. The number of anilines is 1. The molecule has 0 saturated heterocycles. The van der Waals surface area contributed by atoms with Gasteiger partial charge < -0.3 is 9.40 Å². The average Bonchev–Trinajstić information content (AvgIpc) is 3.14. The molecule has 1 aromatic carbocycles. The van der Waals surface area contributed by atoms with Crippen LogP contribution < -0.4 is 4.72 Å². The first-order chi connectivity index (χ1) is 12.2. The summed E-state index contributed by atoms with van der Waals surface area (Å²) in [6.45, 7) is 7.15. The third kappa shape index (κ3) is 3.34. The van der Waals surface area contributed by atoms with E-state index in [0.717, 1.165) is 5.56 Å². The van der Waals surface area contributed by atoms with Crippen molar-refractivity contribution in [3.8, 4) is 11.6 Å². The Morgan fingerprint density at radius 2 is 1.96 bits per heavy atom. The summed E-state index contributed by atoms with van der Waals surface area (Å²) in [5.41, 5.74) is 2.74. The highest BCUT2D eigenvalue weighted by Gasteiger charge is 2.27. The van der Waals surface area contributed by atoms with Gasteiger partial charge in [0.2, 0.25) is 5.89 Å². The molecule has 7 nitrogen and oxygen atoms in total. The molecule has 0 unspecified atom stereocenters. The van der Waals surface area contributed by atoms with Gasteiger partial charge in [0.15, 0.2) is 0 Å². The molecule has 0 bridgehead atoms. The number of aryl methyl sites for hydroxylation is 3. The van der Waals surface area contributed by atoms with Gasteiger partial charge in [-0.25, -0.2) is 8.42 Å². The van der Waals surface area contributed by atoms with Crippen molar-refractivity contribution in [3.05, 3.63) is 45.9 Å². The number of aromatic amines is 1. The number of benzene rings is 1. The molecule has 0 aliphatic rings. The highest BCUT2D eigenvalue weighted by molar-refractivity contribution is 7.92. The molecule has 3 aromatic rings. The molecule has 2 N–H and O–H groups in total. The van der Waals surface area contributed by atoms with Gasteiger partial charge in [-0.3, -0.25) is 4.72 Å². The van der Waals surface area contributed by atoms with Crippen LogP contribution in [0.25, 0.3) is 11.6 Å². The summed E-state index contributed by atoms with van der Waals surface area (Å²) >= 11 is 6.15. The summed E-state index contributed by atoms with van der Waals surface area (Å²) in [5, 5.41) is 8.24. The Morgan fingerprint density at radius 1 is 1.23 bits per heavy atom. The smallest absolute Gasteiger partial charge is 0.264 e. The minimum atomic E-state index is -3.85. The molecular formula is C17H19ClN4O3S. The van der Waals surface area contributed by atoms with Crippen molar-refractivity contribution in [1.82, 2.24) is 15.2 Å². The van der Waals surface area contributed by atoms with E-state index in [0.29, 0.717) is 40.0 Å². The van der Waals surface area contributed by atoms with Crippen molar-refractivity contribution in [2.75, 3.05) is 4.72 Å². The Bertz CT molecular complexity index is 1070. The molecule has 2 aromatic heterocycles. The van der Waals surface area contributed by atoms with E-state index in [-0.39, 0.29) is 10.8 Å². The topological polar surface area (TPSA) is 101 Å². The van der Waals surface area contributed by atoms with E-state index in [4.69, 9.17) is 16.0 Å². The van der Waals surface area contributed by atoms with Gasteiger partial charge in [0, 0.05) is 17.7 Å². The number of rotatable bonds is 5. The van der Waals surface area contributed by atoms with Gasteiger partial charge in [-0.15, -0.1) is 10.2 Å². The van der Waals surface area contributed by atoms with E-state index in [1.54, 1.807) is 32.0 Å². The second-order valence-corrected chi connectivity index (χ2v) is 8.05. The lowest BCUT2D eigenvalue weighted by molar-refractivity contribution is 0.511. The zero-order chi connectivity index (χ0) is 19.1. The Balaban J connectivity index is 2.02. The van der Waals surface area contributed by atoms with Crippen LogP contribution >= 0.6 is 11.6 Å². The number of hydrogen-bond acceptors (Lipinski definition) is 5. The predicted octanol–water partition coefficient (Wildman–Crippen LogP) is 4.01. The highest BCUT2D eigenvalue weighted by Crippen LogP contribution is 2.32. The molecule has 0 spiro atoms. The maximum atomic E-state index is 12.9. The predicted molar refractivity (Wildman–Crippen MR) is 99.9 cm³/mol. The monoisotopic (exact) mass is 394 g/mol. The first-order valence-corrected chi connectivity index (χ1v) is 9.90. The number of H-pyrrole nitrogens is 1. The van der Waals surface area contributed by atoms with Gasteiger partial charge in [0.1, 0.15) is 10.6 Å². The number of sulfonamides is 1. The summed E-state index contributed by atoms with van der Waals surface area (Å²) in [6, 6.07) is 5.13. The van der Waals surface area contributed by atoms with Crippen LogP contribution in [-0.4, -0.2) is 23.6 Å². The van der Waals surface area contributed by atoms with Gasteiger partial charge in [-0.05, 0) is 38.5 Å². The lowest BCUT2D eigenvalue weighted by Gasteiger charge is -2.11. The average molecular weight is 395 g/mol. The van der Waals surface area contributed by atoms with Gasteiger partial charge in [-0.1, -0.05) is 24.6 Å². The van der Waals surface area contributed by atoms with Crippen LogP contribution in [0.2, 0.25) is 5.02 Å². The van der Waals surface area contributed by atoms with Gasteiger partial charge in [-0.2, -0.15) is 0 Å². The minimum absolute atomic E-state index is 0.139. The minimum Gasteiger partial charge on any atom is -0.419 e. The van der Waals surface area contributed by atoms with Gasteiger partial charge in [0.25, 0.3) is 15.9 Å². The molecule has 2 heterocycles. The van der Waals surface area contributed by atoms with Crippen LogP contribution in [0.4, 0.5) is 5.69 Å².